The minimum Gasteiger partial charge on any atom is -0.349 e. The molecule has 3 rings (SSSR count). The van der Waals surface area contributed by atoms with Gasteiger partial charge in [0, 0.05) is 39.4 Å². The van der Waals surface area contributed by atoms with Crippen LogP contribution < -0.4 is 5.32 Å². The molecule has 0 radical (unpaired) electrons. The lowest BCUT2D eigenvalue weighted by molar-refractivity contribution is 0.472. The Bertz CT molecular complexity index is 900. The molecule has 3 aromatic rings. The lowest BCUT2D eigenvalue weighted by atomic mass is 10.2. The Kier molecular flexibility index (Phi) is 7.97. The molecule has 1 aromatic carbocycles. The number of guanidine groups is 1. The van der Waals surface area contributed by atoms with E-state index in [0.717, 1.165) is 23.2 Å². The number of aryl methyl sites for hydroxylation is 2. The molecular formula is C19H27IN8. The summed E-state index contributed by atoms with van der Waals surface area (Å²) in [5.41, 5.74) is 2.30. The van der Waals surface area contributed by atoms with Gasteiger partial charge in [-0.2, -0.15) is 5.10 Å². The summed E-state index contributed by atoms with van der Waals surface area (Å²) in [6, 6.07) is 10.2. The van der Waals surface area contributed by atoms with Crippen molar-refractivity contribution in [2.45, 2.75) is 26.6 Å². The molecule has 2 aromatic heterocycles. The average molecular weight is 494 g/mol. The molecule has 9 heteroatoms. The first-order valence-electron chi connectivity index (χ1n) is 8.88. The van der Waals surface area contributed by atoms with E-state index in [2.05, 4.69) is 37.6 Å². The second kappa shape index (κ2) is 10.2. The zero-order valence-corrected chi connectivity index (χ0v) is 19.0. The van der Waals surface area contributed by atoms with E-state index in [9.17, 15) is 0 Å². The fourth-order valence-electron chi connectivity index (χ4n) is 2.73. The third-order valence-electron chi connectivity index (χ3n) is 4.38. The lowest BCUT2D eigenvalue weighted by Gasteiger charge is -2.22. The monoisotopic (exact) mass is 494 g/mol. The topological polar surface area (TPSA) is 76.2 Å². The van der Waals surface area contributed by atoms with Crippen LogP contribution in [-0.4, -0.2) is 42.5 Å². The minimum atomic E-state index is 0. The van der Waals surface area contributed by atoms with Gasteiger partial charge in [0.2, 0.25) is 0 Å². The smallest absolute Gasteiger partial charge is 0.194 e. The molecule has 1 N–H and O–H groups in total. The van der Waals surface area contributed by atoms with Gasteiger partial charge in [0.05, 0.1) is 19.3 Å². The molecule has 0 bridgehead atoms. The molecule has 0 saturated heterocycles. The Morgan fingerprint density at radius 2 is 1.89 bits per heavy atom. The van der Waals surface area contributed by atoms with E-state index in [1.54, 1.807) is 4.68 Å². The number of benzene rings is 1. The van der Waals surface area contributed by atoms with Crippen molar-refractivity contribution < 1.29 is 0 Å². The normalized spacial score (nSPS) is 11.2. The van der Waals surface area contributed by atoms with E-state index in [0.29, 0.717) is 19.6 Å². The summed E-state index contributed by atoms with van der Waals surface area (Å²) in [4.78, 5) is 6.88. The number of rotatable bonds is 6. The number of hydrogen-bond acceptors (Lipinski definition) is 4. The number of halogens is 1. The third kappa shape index (κ3) is 5.78. The molecule has 0 atom stereocenters. The maximum absolute atomic E-state index is 4.80. The van der Waals surface area contributed by atoms with E-state index in [-0.39, 0.29) is 24.0 Å². The molecule has 150 valence electrons. The van der Waals surface area contributed by atoms with Crippen LogP contribution in [0.3, 0.4) is 0 Å². The molecule has 0 unspecified atom stereocenters. The minimum absolute atomic E-state index is 0. The van der Waals surface area contributed by atoms with Crippen molar-refractivity contribution in [2.75, 3.05) is 7.05 Å². The molecule has 2 heterocycles. The first kappa shape index (κ1) is 21.9. The van der Waals surface area contributed by atoms with Crippen LogP contribution in [0.4, 0.5) is 0 Å². The number of aromatic nitrogens is 5. The molecular weight excluding hydrogens is 467 g/mol. The molecule has 0 aliphatic heterocycles. The highest BCUT2D eigenvalue weighted by atomic mass is 127. The highest BCUT2D eigenvalue weighted by molar-refractivity contribution is 14.0. The summed E-state index contributed by atoms with van der Waals surface area (Å²) in [7, 11) is 5.90. The first-order chi connectivity index (χ1) is 13.0. The van der Waals surface area contributed by atoms with Crippen molar-refractivity contribution in [3.63, 3.8) is 0 Å². The van der Waals surface area contributed by atoms with Crippen LogP contribution in [0.1, 0.15) is 22.8 Å². The highest BCUT2D eigenvalue weighted by Gasteiger charge is 2.11. The van der Waals surface area contributed by atoms with Crippen molar-refractivity contribution in [3.8, 4) is 0 Å². The summed E-state index contributed by atoms with van der Waals surface area (Å²) in [6.07, 6.45) is 3.88. The molecule has 0 aliphatic carbocycles. The van der Waals surface area contributed by atoms with Gasteiger partial charge in [-0.05, 0) is 12.5 Å². The average Bonchev–Trinajstić information content (AvgIpc) is 3.22. The summed E-state index contributed by atoms with van der Waals surface area (Å²) in [6.45, 7) is 3.82. The van der Waals surface area contributed by atoms with Crippen LogP contribution in [0.25, 0.3) is 0 Å². The van der Waals surface area contributed by atoms with E-state index in [1.807, 2.05) is 63.2 Å². The number of aliphatic imine (C=N–C) groups is 1. The molecule has 0 amide bonds. The number of nitrogens with one attached hydrogen (secondary N) is 1. The number of nitrogens with zero attached hydrogens (tertiary/aromatic N) is 7. The van der Waals surface area contributed by atoms with Gasteiger partial charge >= 0.3 is 0 Å². The van der Waals surface area contributed by atoms with E-state index in [4.69, 9.17) is 4.99 Å². The molecule has 28 heavy (non-hydrogen) atoms. The Balaban J connectivity index is 0.00000280. The third-order valence-corrected chi connectivity index (χ3v) is 4.38. The Hall–Kier alpha value is -2.43. The van der Waals surface area contributed by atoms with Crippen LogP contribution >= 0.6 is 24.0 Å². The second-order valence-electron chi connectivity index (χ2n) is 6.58. The van der Waals surface area contributed by atoms with Gasteiger partial charge in [0.15, 0.2) is 11.8 Å². The maximum Gasteiger partial charge on any atom is 0.194 e. The summed E-state index contributed by atoms with van der Waals surface area (Å²) < 4.78 is 3.78. The van der Waals surface area contributed by atoms with Crippen molar-refractivity contribution >= 4 is 29.9 Å². The fourth-order valence-corrected chi connectivity index (χ4v) is 2.73. The molecule has 8 nitrogen and oxygen atoms in total. The van der Waals surface area contributed by atoms with Gasteiger partial charge < -0.3 is 14.8 Å². The van der Waals surface area contributed by atoms with Crippen molar-refractivity contribution in [2.24, 2.45) is 19.1 Å². The highest BCUT2D eigenvalue weighted by Crippen LogP contribution is 2.05. The second-order valence-corrected chi connectivity index (χ2v) is 6.58. The lowest BCUT2D eigenvalue weighted by Crippen LogP contribution is -2.38. The molecule has 0 saturated carbocycles. The summed E-state index contributed by atoms with van der Waals surface area (Å²) >= 11 is 0. The van der Waals surface area contributed by atoms with Crippen molar-refractivity contribution in [3.05, 3.63) is 65.5 Å². The number of hydrogen-bond donors (Lipinski definition) is 1. The van der Waals surface area contributed by atoms with Crippen LogP contribution in [-0.2, 0) is 33.7 Å². The zero-order chi connectivity index (χ0) is 19.2. The van der Waals surface area contributed by atoms with Crippen molar-refractivity contribution in [1.29, 1.82) is 0 Å². The Labute approximate surface area is 182 Å². The van der Waals surface area contributed by atoms with E-state index < -0.39 is 0 Å². The first-order valence-corrected chi connectivity index (χ1v) is 8.88. The van der Waals surface area contributed by atoms with E-state index >= 15 is 0 Å². The van der Waals surface area contributed by atoms with Gasteiger partial charge in [-0.1, -0.05) is 30.3 Å². The van der Waals surface area contributed by atoms with Crippen LogP contribution in [0.2, 0.25) is 0 Å². The largest absolute Gasteiger partial charge is 0.349 e. The quantitative estimate of drug-likeness (QED) is 0.323. The summed E-state index contributed by atoms with van der Waals surface area (Å²) in [5, 5.41) is 16.0. The van der Waals surface area contributed by atoms with Crippen molar-refractivity contribution in [1.82, 2.24) is 34.8 Å². The Morgan fingerprint density at radius 3 is 2.50 bits per heavy atom. The molecule has 0 aliphatic rings. The molecule has 0 fully saturated rings. The Morgan fingerprint density at radius 1 is 1.14 bits per heavy atom. The van der Waals surface area contributed by atoms with Gasteiger partial charge in [0.1, 0.15) is 5.82 Å². The van der Waals surface area contributed by atoms with Crippen LogP contribution in [0, 0.1) is 6.92 Å². The van der Waals surface area contributed by atoms with Gasteiger partial charge in [-0.15, -0.1) is 34.2 Å². The predicted molar refractivity (Wildman–Crippen MR) is 120 cm³/mol. The maximum atomic E-state index is 4.80. The van der Waals surface area contributed by atoms with E-state index in [1.165, 1.54) is 5.56 Å². The van der Waals surface area contributed by atoms with Crippen LogP contribution in [0.15, 0.2) is 47.7 Å². The zero-order valence-electron chi connectivity index (χ0n) is 16.7. The predicted octanol–water partition coefficient (Wildman–Crippen LogP) is 2.25. The SMILES string of the molecule is Cc1nnc(CNC(=NCc2ccccc2)N(C)Cc2cnn(C)c2)n1C.I. The summed E-state index contributed by atoms with van der Waals surface area (Å²) in [5.74, 6) is 2.57. The standard InChI is InChI=1S/C19H26N8.HI/c1-15-23-24-18(27(15)4)12-21-19(20-10-16-8-6-5-7-9-16)25(2)13-17-11-22-26(3)14-17;/h5-9,11,14H,10,12-13H2,1-4H3,(H,20,21);1H. The van der Waals surface area contributed by atoms with Gasteiger partial charge in [-0.25, -0.2) is 4.99 Å². The fraction of sp³-hybridized carbons (Fsp3) is 0.368. The molecule has 0 spiro atoms. The van der Waals surface area contributed by atoms with Gasteiger partial charge in [0.25, 0.3) is 0 Å². The van der Waals surface area contributed by atoms with Gasteiger partial charge in [-0.3, -0.25) is 4.68 Å². The van der Waals surface area contributed by atoms with Crippen LogP contribution in [0.5, 0.6) is 0 Å².